The number of carbonyl (C=O) groups excluding carboxylic acids is 1. The summed E-state index contributed by atoms with van der Waals surface area (Å²) in [5, 5.41) is 15.6. The molecule has 0 bridgehead atoms. The normalized spacial score (nSPS) is 11.6. The third-order valence-electron chi connectivity index (χ3n) is 3.73. The molecule has 0 saturated carbocycles. The summed E-state index contributed by atoms with van der Waals surface area (Å²) >= 11 is 1.45. The van der Waals surface area contributed by atoms with Crippen molar-refractivity contribution in [3.8, 4) is 5.75 Å². The molecular formula is C19H17N3O4S2. The van der Waals surface area contributed by atoms with Crippen molar-refractivity contribution in [1.29, 1.82) is 0 Å². The van der Waals surface area contributed by atoms with Crippen LogP contribution in [0.3, 0.4) is 0 Å². The number of amides is 1. The third kappa shape index (κ3) is 5.03. The molecule has 28 heavy (non-hydrogen) atoms. The van der Waals surface area contributed by atoms with Crippen molar-refractivity contribution >= 4 is 33.5 Å². The highest BCUT2D eigenvalue weighted by Gasteiger charge is 2.19. The molecule has 0 spiro atoms. The summed E-state index contributed by atoms with van der Waals surface area (Å²) in [6.07, 6.45) is 1.46. The van der Waals surface area contributed by atoms with Crippen LogP contribution >= 0.6 is 11.3 Å². The number of rotatable bonds is 7. The van der Waals surface area contributed by atoms with Gasteiger partial charge in [0.1, 0.15) is 5.75 Å². The summed E-state index contributed by atoms with van der Waals surface area (Å²) in [7, 11) is -3.87. The van der Waals surface area contributed by atoms with E-state index < -0.39 is 15.9 Å². The summed E-state index contributed by atoms with van der Waals surface area (Å²) in [5.74, 6) is -1.06. The van der Waals surface area contributed by atoms with Gasteiger partial charge in [0.15, 0.2) is 0 Å². The zero-order chi connectivity index (χ0) is 20.0. The van der Waals surface area contributed by atoms with Crippen molar-refractivity contribution in [2.75, 3.05) is 0 Å². The minimum atomic E-state index is -3.87. The Balaban J connectivity index is 1.73. The molecule has 0 aliphatic heterocycles. The molecule has 0 aliphatic carbocycles. The molecule has 1 amide bonds. The number of nitrogens with one attached hydrogen (secondary N) is 2. The van der Waals surface area contributed by atoms with Gasteiger partial charge in [-0.3, -0.25) is 4.79 Å². The molecule has 144 valence electrons. The molecule has 0 fully saturated rings. The van der Waals surface area contributed by atoms with Gasteiger partial charge in [-0.2, -0.15) is 5.10 Å². The van der Waals surface area contributed by atoms with Gasteiger partial charge in [-0.05, 0) is 35.2 Å². The summed E-state index contributed by atoms with van der Waals surface area (Å²) in [5.41, 5.74) is 2.88. The maximum absolute atomic E-state index is 12.5. The quantitative estimate of drug-likeness (QED) is 0.407. The fourth-order valence-corrected chi connectivity index (χ4v) is 3.93. The maximum Gasteiger partial charge on any atom is 0.275 e. The highest BCUT2D eigenvalue weighted by molar-refractivity contribution is 7.89. The monoisotopic (exact) mass is 415 g/mol. The Labute approximate surface area is 166 Å². The molecule has 7 nitrogen and oxygen atoms in total. The third-order valence-corrected chi connectivity index (χ3v) is 5.94. The number of aromatic hydroxyl groups is 1. The molecule has 0 radical (unpaired) electrons. The fourth-order valence-electron chi connectivity index (χ4n) is 2.30. The highest BCUT2D eigenvalue weighted by atomic mass is 32.2. The van der Waals surface area contributed by atoms with Gasteiger partial charge in [0.25, 0.3) is 5.91 Å². The molecule has 1 heterocycles. The first-order chi connectivity index (χ1) is 13.5. The van der Waals surface area contributed by atoms with Crippen molar-refractivity contribution in [3.05, 3.63) is 82.0 Å². The highest BCUT2D eigenvalue weighted by Crippen LogP contribution is 2.21. The van der Waals surface area contributed by atoms with Crippen LogP contribution < -0.4 is 10.1 Å². The summed E-state index contributed by atoms with van der Waals surface area (Å²) in [4.78, 5) is 13.0. The number of sulfonamides is 1. The van der Waals surface area contributed by atoms with Gasteiger partial charge in [-0.1, -0.05) is 36.4 Å². The number of phenols is 1. The van der Waals surface area contributed by atoms with Crippen molar-refractivity contribution in [2.45, 2.75) is 11.4 Å². The molecule has 2 aromatic carbocycles. The van der Waals surface area contributed by atoms with E-state index in [1.54, 1.807) is 12.1 Å². The fraction of sp³-hybridized carbons (Fsp3) is 0.0526. The van der Waals surface area contributed by atoms with E-state index >= 15 is 0 Å². The average molecular weight is 415 g/mol. The lowest BCUT2D eigenvalue weighted by Crippen LogP contribution is -2.24. The van der Waals surface area contributed by atoms with E-state index in [0.29, 0.717) is 0 Å². The van der Waals surface area contributed by atoms with Crippen molar-refractivity contribution < 1.29 is 18.3 Å². The maximum atomic E-state index is 12.5. The lowest BCUT2D eigenvalue weighted by molar-refractivity contribution is 0.0952. The van der Waals surface area contributed by atoms with E-state index in [0.717, 1.165) is 22.6 Å². The van der Waals surface area contributed by atoms with Gasteiger partial charge in [0, 0.05) is 11.4 Å². The van der Waals surface area contributed by atoms with Gasteiger partial charge < -0.3 is 5.11 Å². The molecule has 3 aromatic rings. The van der Waals surface area contributed by atoms with Crippen LogP contribution in [0.15, 0.2) is 76.0 Å². The molecular weight excluding hydrogens is 398 g/mol. The molecule has 0 aliphatic rings. The number of hydrazone groups is 1. The van der Waals surface area contributed by atoms with Gasteiger partial charge in [-0.15, -0.1) is 11.3 Å². The number of hydrogen-bond acceptors (Lipinski definition) is 6. The molecule has 0 atom stereocenters. The van der Waals surface area contributed by atoms with Crippen molar-refractivity contribution in [2.24, 2.45) is 5.10 Å². The van der Waals surface area contributed by atoms with E-state index in [9.17, 15) is 18.3 Å². The topological polar surface area (TPSA) is 108 Å². The Kier molecular flexibility index (Phi) is 6.19. The van der Waals surface area contributed by atoms with Crippen LogP contribution in [0.5, 0.6) is 5.75 Å². The minimum Gasteiger partial charge on any atom is -0.507 e. The molecule has 9 heteroatoms. The SMILES string of the molecule is O=C(N/N=C\c1cccs1)c1cc(S(=O)(=O)NCc2ccccc2)ccc1O. The number of thiophene rings is 1. The Bertz CT molecular complexity index is 1080. The van der Waals surface area contributed by atoms with E-state index in [-0.39, 0.29) is 22.8 Å². The molecule has 0 unspecified atom stereocenters. The minimum absolute atomic E-state index is 0.108. The lowest BCUT2D eigenvalue weighted by Gasteiger charge is -2.09. The number of benzene rings is 2. The van der Waals surface area contributed by atoms with E-state index in [4.69, 9.17) is 0 Å². The molecule has 3 N–H and O–H groups in total. The molecule has 3 rings (SSSR count). The first kappa shape index (κ1) is 19.7. The van der Waals surface area contributed by atoms with Crippen LogP contribution in [0.1, 0.15) is 20.8 Å². The summed E-state index contributed by atoms with van der Waals surface area (Å²) in [6.45, 7) is 0.108. The van der Waals surface area contributed by atoms with E-state index in [1.165, 1.54) is 23.6 Å². The van der Waals surface area contributed by atoms with Crippen LogP contribution in [0.2, 0.25) is 0 Å². The number of hydrogen-bond donors (Lipinski definition) is 3. The van der Waals surface area contributed by atoms with Gasteiger partial charge in [0.2, 0.25) is 10.0 Å². The number of carbonyl (C=O) groups is 1. The lowest BCUT2D eigenvalue weighted by atomic mass is 10.2. The van der Waals surface area contributed by atoms with Crippen LogP contribution in [0.4, 0.5) is 0 Å². The first-order valence-electron chi connectivity index (χ1n) is 8.19. The van der Waals surface area contributed by atoms with Crippen LogP contribution in [-0.2, 0) is 16.6 Å². The summed E-state index contributed by atoms with van der Waals surface area (Å²) in [6, 6.07) is 16.2. The molecule has 1 aromatic heterocycles. The van der Waals surface area contributed by atoms with Gasteiger partial charge in [-0.25, -0.2) is 18.6 Å². The second kappa shape index (κ2) is 8.79. The van der Waals surface area contributed by atoms with Crippen LogP contribution in [-0.4, -0.2) is 25.6 Å². The second-order valence-electron chi connectivity index (χ2n) is 5.70. The second-order valence-corrected chi connectivity index (χ2v) is 8.45. The largest absolute Gasteiger partial charge is 0.507 e. The Hall–Kier alpha value is -3.01. The number of nitrogens with zero attached hydrogens (tertiary/aromatic N) is 1. The van der Waals surface area contributed by atoms with Crippen LogP contribution in [0, 0.1) is 0 Å². The summed E-state index contributed by atoms with van der Waals surface area (Å²) < 4.78 is 27.5. The van der Waals surface area contributed by atoms with Gasteiger partial charge in [0.05, 0.1) is 16.7 Å². The van der Waals surface area contributed by atoms with Crippen molar-refractivity contribution in [3.63, 3.8) is 0 Å². The average Bonchev–Trinajstić information content (AvgIpc) is 3.21. The Morgan fingerprint density at radius 2 is 1.89 bits per heavy atom. The standard InChI is InChI=1S/C19H17N3O4S2/c23-18-9-8-16(28(25,26)21-12-14-5-2-1-3-6-14)11-17(18)19(24)22-20-13-15-7-4-10-27-15/h1-11,13,21,23H,12H2,(H,22,24)/b20-13-. The zero-order valence-electron chi connectivity index (χ0n) is 14.6. The van der Waals surface area contributed by atoms with Gasteiger partial charge >= 0.3 is 0 Å². The van der Waals surface area contributed by atoms with E-state index in [1.807, 2.05) is 35.7 Å². The van der Waals surface area contributed by atoms with Crippen molar-refractivity contribution in [1.82, 2.24) is 10.1 Å². The first-order valence-corrected chi connectivity index (χ1v) is 10.6. The zero-order valence-corrected chi connectivity index (χ0v) is 16.2. The van der Waals surface area contributed by atoms with E-state index in [2.05, 4.69) is 15.2 Å². The smallest absolute Gasteiger partial charge is 0.275 e. The van der Waals surface area contributed by atoms with Crippen LogP contribution in [0.25, 0.3) is 0 Å². The Morgan fingerprint density at radius 1 is 1.11 bits per heavy atom. The predicted molar refractivity (Wildman–Crippen MR) is 108 cm³/mol. The molecule has 0 saturated heterocycles. The Morgan fingerprint density at radius 3 is 2.61 bits per heavy atom. The number of phenolic OH excluding ortho intramolecular Hbond substituents is 1. The predicted octanol–water partition coefficient (Wildman–Crippen LogP) is 2.70.